The third kappa shape index (κ3) is 6.95. The van der Waals surface area contributed by atoms with Crippen LogP contribution in [-0.2, 0) is 9.59 Å². The van der Waals surface area contributed by atoms with Gasteiger partial charge in [-0.15, -0.1) is 12.4 Å². The summed E-state index contributed by atoms with van der Waals surface area (Å²) in [5.74, 6) is 0.313. The summed E-state index contributed by atoms with van der Waals surface area (Å²) < 4.78 is 0. The van der Waals surface area contributed by atoms with Crippen molar-refractivity contribution in [3.05, 3.63) is 28.2 Å². The quantitative estimate of drug-likeness (QED) is 0.698. The second-order valence-corrected chi connectivity index (χ2v) is 7.10. The lowest BCUT2D eigenvalue weighted by atomic mass is 9.93. The summed E-state index contributed by atoms with van der Waals surface area (Å²) in [6, 6.07) is 5.03. The predicted molar refractivity (Wildman–Crippen MR) is 109 cm³/mol. The molecular formula is C18H26Cl3N3O2. The van der Waals surface area contributed by atoms with Gasteiger partial charge in [0.15, 0.2) is 0 Å². The van der Waals surface area contributed by atoms with E-state index in [2.05, 4.69) is 10.6 Å². The molecule has 2 amide bonds. The van der Waals surface area contributed by atoms with Crippen molar-refractivity contribution in [2.24, 2.45) is 5.92 Å². The van der Waals surface area contributed by atoms with Gasteiger partial charge in [0.1, 0.15) is 0 Å². The van der Waals surface area contributed by atoms with Crippen molar-refractivity contribution in [2.45, 2.75) is 32.6 Å². The fraction of sp³-hybridized carbons (Fsp3) is 0.556. The molecule has 1 saturated heterocycles. The van der Waals surface area contributed by atoms with E-state index >= 15 is 0 Å². The molecule has 1 aromatic carbocycles. The Hall–Kier alpha value is -1.01. The van der Waals surface area contributed by atoms with Crippen LogP contribution in [0.25, 0.3) is 0 Å². The van der Waals surface area contributed by atoms with Gasteiger partial charge >= 0.3 is 0 Å². The van der Waals surface area contributed by atoms with E-state index in [1.54, 1.807) is 23.1 Å². The number of halogens is 3. The number of hydrogen-bond acceptors (Lipinski definition) is 3. The maximum Gasteiger partial charge on any atom is 0.244 e. The van der Waals surface area contributed by atoms with E-state index in [1.807, 2.05) is 6.92 Å². The Morgan fingerprint density at radius 3 is 2.42 bits per heavy atom. The van der Waals surface area contributed by atoms with Gasteiger partial charge in [-0.3, -0.25) is 9.59 Å². The Morgan fingerprint density at radius 1 is 1.23 bits per heavy atom. The third-order valence-corrected chi connectivity index (χ3v) is 5.15. The highest BCUT2D eigenvalue weighted by atomic mass is 35.5. The molecule has 2 rings (SSSR count). The molecule has 146 valence electrons. The van der Waals surface area contributed by atoms with Crippen molar-refractivity contribution in [1.82, 2.24) is 10.2 Å². The molecule has 0 unspecified atom stereocenters. The maximum atomic E-state index is 12.4. The number of benzene rings is 1. The van der Waals surface area contributed by atoms with E-state index < -0.39 is 0 Å². The SMILES string of the molecule is CCN(CC(=O)Nc1c(Cl)cccc1Cl)C(=O)CCC1CCNCC1.Cl. The number of nitrogens with zero attached hydrogens (tertiary/aromatic N) is 1. The maximum absolute atomic E-state index is 12.4. The minimum atomic E-state index is -0.299. The molecule has 0 aliphatic carbocycles. The van der Waals surface area contributed by atoms with Crippen LogP contribution < -0.4 is 10.6 Å². The van der Waals surface area contributed by atoms with Crippen LogP contribution in [0.15, 0.2) is 18.2 Å². The topological polar surface area (TPSA) is 61.4 Å². The first-order valence-corrected chi connectivity index (χ1v) is 9.49. The van der Waals surface area contributed by atoms with E-state index in [-0.39, 0.29) is 30.8 Å². The molecule has 1 heterocycles. The number of hydrogen-bond donors (Lipinski definition) is 2. The fourth-order valence-corrected chi connectivity index (χ4v) is 3.49. The van der Waals surface area contributed by atoms with Crippen molar-refractivity contribution in [2.75, 3.05) is 31.5 Å². The number of likely N-dealkylation sites (N-methyl/N-ethyl adjacent to an activating group) is 1. The van der Waals surface area contributed by atoms with Crippen molar-refractivity contribution in [3.8, 4) is 0 Å². The summed E-state index contributed by atoms with van der Waals surface area (Å²) in [5.41, 5.74) is 0.383. The van der Waals surface area contributed by atoms with E-state index in [1.165, 1.54) is 0 Å². The molecule has 1 aliphatic rings. The van der Waals surface area contributed by atoms with Crippen LogP contribution in [0.1, 0.15) is 32.6 Å². The van der Waals surface area contributed by atoms with Crippen LogP contribution in [-0.4, -0.2) is 42.9 Å². The van der Waals surface area contributed by atoms with Crippen LogP contribution in [0.5, 0.6) is 0 Å². The van der Waals surface area contributed by atoms with E-state index in [4.69, 9.17) is 23.2 Å². The zero-order valence-corrected chi connectivity index (χ0v) is 17.2. The molecule has 0 bridgehead atoms. The molecule has 1 aromatic rings. The second kappa shape index (κ2) is 11.7. The Labute approximate surface area is 171 Å². The monoisotopic (exact) mass is 421 g/mol. The van der Waals surface area contributed by atoms with Crippen molar-refractivity contribution in [1.29, 1.82) is 0 Å². The van der Waals surface area contributed by atoms with Gasteiger partial charge in [-0.2, -0.15) is 0 Å². The van der Waals surface area contributed by atoms with Crippen molar-refractivity contribution in [3.63, 3.8) is 0 Å². The Kier molecular flexibility index (Phi) is 10.3. The Balaban J connectivity index is 0.00000338. The molecule has 2 N–H and O–H groups in total. The molecule has 0 atom stereocenters. The average molecular weight is 423 g/mol. The molecule has 8 heteroatoms. The van der Waals surface area contributed by atoms with Gasteiger partial charge in [-0.05, 0) is 57.3 Å². The summed E-state index contributed by atoms with van der Waals surface area (Å²) >= 11 is 12.1. The van der Waals surface area contributed by atoms with Gasteiger partial charge in [-0.1, -0.05) is 29.3 Å². The molecule has 0 radical (unpaired) electrons. The van der Waals surface area contributed by atoms with E-state index in [0.717, 1.165) is 32.4 Å². The first-order chi connectivity index (χ1) is 12.0. The van der Waals surface area contributed by atoms with Crippen LogP contribution in [0, 0.1) is 5.92 Å². The Bertz CT molecular complexity index is 587. The third-order valence-electron chi connectivity index (χ3n) is 4.52. The minimum absolute atomic E-state index is 0. The van der Waals surface area contributed by atoms with Crippen LogP contribution in [0.3, 0.4) is 0 Å². The highest BCUT2D eigenvalue weighted by Gasteiger charge is 2.20. The molecule has 0 aromatic heterocycles. The van der Waals surface area contributed by atoms with E-state index in [0.29, 0.717) is 34.6 Å². The lowest BCUT2D eigenvalue weighted by Crippen LogP contribution is -2.38. The van der Waals surface area contributed by atoms with Gasteiger partial charge < -0.3 is 15.5 Å². The van der Waals surface area contributed by atoms with Gasteiger partial charge in [0.05, 0.1) is 22.3 Å². The number of rotatable bonds is 7. The normalized spacial score (nSPS) is 14.4. The van der Waals surface area contributed by atoms with Gasteiger partial charge in [0.2, 0.25) is 11.8 Å². The highest BCUT2D eigenvalue weighted by molar-refractivity contribution is 6.39. The zero-order chi connectivity index (χ0) is 18.2. The molecule has 26 heavy (non-hydrogen) atoms. The summed E-state index contributed by atoms with van der Waals surface area (Å²) in [4.78, 5) is 26.3. The van der Waals surface area contributed by atoms with Gasteiger partial charge in [0, 0.05) is 13.0 Å². The molecule has 0 spiro atoms. The number of anilines is 1. The Morgan fingerprint density at radius 2 is 1.85 bits per heavy atom. The number of amides is 2. The van der Waals surface area contributed by atoms with Crippen molar-refractivity contribution >= 4 is 53.1 Å². The second-order valence-electron chi connectivity index (χ2n) is 6.28. The number of nitrogens with one attached hydrogen (secondary N) is 2. The van der Waals surface area contributed by atoms with Crippen LogP contribution in [0.2, 0.25) is 10.0 Å². The summed E-state index contributed by atoms with van der Waals surface area (Å²) in [6.45, 7) is 4.42. The van der Waals surface area contributed by atoms with Crippen LogP contribution >= 0.6 is 35.6 Å². The molecule has 5 nitrogen and oxygen atoms in total. The summed E-state index contributed by atoms with van der Waals surface area (Å²) in [5, 5.41) is 6.78. The standard InChI is InChI=1S/C18H25Cl2N3O2.ClH/c1-2-23(17(25)7-6-13-8-10-21-11-9-13)12-16(24)22-18-14(19)4-3-5-15(18)20;/h3-5,13,21H,2,6-12H2,1H3,(H,22,24);1H. The zero-order valence-electron chi connectivity index (χ0n) is 14.9. The van der Waals surface area contributed by atoms with Crippen LogP contribution in [0.4, 0.5) is 5.69 Å². The number of carbonyl (C=O) groups excluding carboxylic acids is 2. The smallest absolute Gasteiger partial charge is 0.244 e. The predicted octanol–water partition coefficient (Wildman–Crippen LogP) is 3.98. The van der Waals surface area contributed by atoms with Crippen molar-refractivity contribution < 1.29 is 9.59 Å². The molecular weight excluding hydrogens is 397 g/mol. The minimum Gasteiger partial charge on any atom is -0.334 e. The molecule has 1 aliphatic heterocycles. The molecule has 1 fully saturated rings. The number of piperidine rings is 1. The molecule has 0 saturated carbocycles. The lowest BCUT2D eigenvalue weighted by Gasteiger charge is -2.24. The van der Waals surface area contributed by atoms with E-state index in [9.17, 15) is 9.59 Å². The largest absolute Gasteiger partial charge is 0.334 e. The average Bonchev–Trinajstić information content (AvgIpc) is 2.61. The lowest BCUT2D eigenvalue weighted by molar-refractivity contribution is -0.134. The number of para-hydroxylation sites is 1. The first kappa shape index (κ1) is 23.0. The number of carbonyl (C=O) groups is 2. The van der Waals surface area contributed by atoms with Gasteiger partial charge in [-0.25, -0.2) is 0 Å². The summed E-state index contributed by atoms with van der Waals surface area (Å²) in [7, 11) is 0. The highest BCUT2D eigenvalue weighted by Crippen LogP contribution is 2.29. The van der Waals surface area contributed by atoms with Gasteiger partial charge in [0.25, 0.3) is 0 Å². The summed E-state index contributed by atoms with van der Waals surface area (Å²) in [6.07, 6.45) is 3.60. The fourth-order valence-electron chi connectivity index (χ4n) is 3.00. The first-order valence-electron chi connectivity index (χ1n) is 8.73.